The van der Waals surface area contributed by atoms with E-state index in [1.54, 1.807) is 7.11 Å². The lowest BCUT2D eigenvalue weighted by Crippen LogP contribution is -2.46. The van der Waals surface area contributed by atoms with Crippen molar-refractivity contribution in [1.29, 1.82) is 0 Å². The Kier molecular flexibility index (Phi) is 5.46. The predicted molar refractivity (Wildman–Crippen MR) is 99.1 cm³/mol. The van der Waals surface area contributed by atoms with E-state index in [0.29, 0.717) is 5.75 Å². The summed E-state index contributed by atoms with van der Waals surface area (Å²) >= 11 is 0. The van der Waals surface area contributed by atoms with Gasteiger partial charge in [-0.25, -0.2) is 4.79 Å². The fraction of sp³-hybridized carbons (Fsp3) is 0.333. The number of methoxy groups -OCH3 is 3. The largest absolute Gasteiger partial charge is 0.496 e. The summed E-state index contributed by atoms with van der Waals surface area (Å²) in [6.45, 7) is 0. The number of para-hydroxylation sites is 1. The van der Waals surface area contributed by atoms with Crippen LogP contribution in [0.25, 0.3) is 0 Å². The first-order valence-corrected chi connectivity index (χ1v) is 8.69. The van der Waals surface area contributed by atoms with E-state index in [9.17, 15) is 9.59 Å². The van der Waals surface area contributed by atoms with Crippen LogP contribution in [0.5, 0.6) is 5.75 Å². The van der Waals surface area contributed by atoms with Gasteiger partial charge in [0.25, 0.3) is 0 Å². The summed E-state index contributed by atoms with van der Waals surface area (Å²) in [5.74, 6) is -0.775. The molecule has 0 aromatic heterocycles. The van der Waals surface area contributed by atoms with E-state index in [0.717, 1.165) is 11.1 Å². The van der Waals surface area contributed by atoms with Crippen LogP contribution in [0.1, 0.15) is 23.6 Å². The van der Waals surface area contributed by atoms with Gasteiger partial charge in [0.1, 0.15) is 11.3 Å². The van der Waals surface area contributed by atoms with Gasteiger partial charge in [0.15, 0.2) is 0 Å². The van der Waals surface area contributed by atoms with Crippen molar-refractivity contribution in [2.75, 3.05) is 21.3 Å². The number of benzene rings is 2. The molecule has 3 rings (SSSR count). The van der Waals surface area contributed by atoms with Crippen LogP contribution in [-0.4, -0.2) is 33.3 Å². The van der Waals surface area contributed by atoms with Crippen LogP contribution in [-0.2, 0) is 24.6 Å². The molecule has 1 fully saturated rings. The minimum atomic E-state index is -1.15. The van der Waals surface area contributed by atoms with Crippen LogP contribution in [0.2, 0.25) is 0 Å². The van der Waals surface area contributed by atoms with Crippen molar-refractivity contribution in [3.63, 3.8) is 0 Å². The molecule has 0 saturated carbocycles. The smallest absolute Gasteiger partial charge is 0.330 e. The van der Waals surface area contributed by atoms with Crippen molar-refractivity contribution in [2.45, 2.75) is 18.0 Å². The Bertz CT molecular complexity index is 822. The highest BCUT2D eigenvalue weighted by Gasteiger charge is 2.55. The van der Waals surface area contributed by atoms with Crippen LogP contribution >= 0.6 is 0 Å². The Balaban J connectivity index is 2.13. The summed E-state index contributed by atoms with van der Waals surface area (Å²) < 4.78 is 15.6. The standard InChI is InChI=1S/C21H23NO5/c1-25-17-12-8-7-11-15(17)18-16(19(23)26-2)13-21(22-18,20(24)27-3)14-9-5-4-6-10-14/h4-12,16,18,22H,13H2,1-3H3/t16-,18?,21+/m0/s1. The Labute approximate surface area is 158 Å². The summed E-state index contributed by atoms with van der Waals surface area (Å²) in [4.78, 5) is 25.4. The zero-order valence-electron chi connectivity index (χ0n) is 15.6. The molecule has 3 atom stereocenters. The minimum Gasteiger partial charge on any atom is -0.496 e. The van der Waals surface area contributed by atoms with E-state index in [4.69, 9.17) is 14.2 Å². The Morgan fingerprint density at radius 2 is 1.63 bits per heavy atom. The maximum absolute atomic E-state index is 12.9. The van der Waals surface area contributed by atoms with Gasteiger partial charge < -0.3 is 14.2 Å². The maximum atomic E-state index is 12.9. The molecule has 1 aliphatic rings. The molecule has 2 aromatic carbocycles. The minimum absolute atomic E-state index is 0.221. The van der Waals surface area contributed by atoms with E-state index >= 15 is 0 Å². The molecule has 2 aromatic rings. The highest BCUT2D eigenvalue weighted by atomic mass is 16.5. The van der Waals surface area contributed by atoms with Gasteiger partial charge >= 0.3 is 11.9 Å². The van der Waals surface area contributed by atoms with Gasteiger partial charge in [-0.05, 0) is 18.1 Å². The van der Waals surface area contributed by atoms with Crippen LogP contribution in [0.15, 0.2) is 54.6 Å². The Morgan fingerprint density at radius 1 is 0.963 bits per heavy atom. The quantitative estimate of drug-likeness (QED) is 0.817. The normalized spacial score (nSPS) is 24.3. The van der Waals surface area contributed by atoms with Gasteiger partial charge in [0.2, 0.25) is 0 Å². The molecular formula is C21H23NO5. The average molecular weight is 369 g/mol. The van der Waals surface area contributed by atoms with Crippen molar-refractivity contribution in [3.8, 4) is 5.75 Å². The van der Waals surface area contributed by atoms with Crippen LogP contribution in [0.4, 0.5) is 0 Å². The second kappa shape index (κ2) is 7.80. The summed E-state index contributed by atoms with van der Waals surface area (Å²) in [7, 11) is 4.27. The summed E-state index contributed by atoms with van der Waals surface area (Å²) in [6, 6.07) is 16.2. The van der Waals surface area contributed by atoms with Crippen molar-refractivity contribution in [1.82, 2.24) is 5.32 Å². The van der Waals surface area contributed by atoms with Crippen molar-refractivity contribution >= 4 is 11.9 Å². The number of rotatable bonds is 5. The number of carbonyl (C=O) groups is 2. The third-order valence-corrected chi connectivity index (χ3v) is 5.11. The van der Waals surface area contributed by atoms with Gasteiger partial charge in [-0.15, -0.1) is 0 Å². The molecule has 1 aliphatic heterocycles. The van der Waals surface area contributed by atoms with Gasteiger partial charge in [0.05, 0.1) is 33.3 Å². The number of hydrogen-bond acceptors (Lipinski definition) is 6. The molecule has 0 bridgehead atoms. The zero-order chi connectivity index (χ0) is 19.4. The van der Waals surface area contributed by atoms with E-state index < -0.39 is 23.5 Å². The molecule has 1 N–H and O–H groups in total. The predicted octanol–water partition coefficient (Wildman–Crippen LogP) is 2.59. The third kappa shape index (κ3) is 3.28. The number of ether oxygens (including phenoxy) is 3. The highest BCUT2D eigenvalue weighted by Crippen LogP contribution is 2.46. The molecule has 0 aliphatic carbocycles. The lowest BCUT2D eigenvalue weighted by molar-refractivity contribution is -0.149. The van der Waals surface area contributed by atoms with Gasteiger partial charge in [-0.1, -0.05) is 48.5 Å². The van der Waals surface area contributed by atoms with Crippen molar-refractivity contribution in [2.24, 2.45) is 5.92 Å². The molecule has 0 amide bonds. The molecule has 142 valence electrons. The number of esters is 2. The topological polar surface area (TPSA) is 73.9 Å². The number of hydrogen-bond donors (Lipinski definition) is 1. The fourth-order valence-electron chi connectivity index (χ4n) is 3.82. The fourth-order valence-corrected chi connectivity index (χ4v) is 3.82. The molecule has 6 heteroatoms. The van der Waals surface area contributed by atoms with Crippen LogP contribution in [0, 0.1) is 5.92 Å². The summed E-state index contributed by atoms with van der Waals surface area (Å²) in [6.07, 6.45) is 0.221. The SMILES string of the molecule is COC(=O)[C@H]1C[C@](C(=O)OC)(c2ccccc2)NC1c1ccccc1OC. The third-order valence-electron chi connectivity index (χ3n) is 5.11. The molecule has 0 spiro atoms. The lowest BCUT2D eigenvalue weighted by atomic mass is 9.84. The monoisotopic (exact) mass is 369 g/mol. The Hall–Kier alpha value is -2.86. The molecule has 1 heterocycles. The first kappa shape index (κ1) is 18.9. The Morgan fingerprint density at radius 3 is 2.26 bits per heavy atom. The lowest BCUT2D eigenvalue weighted by Gasteiger charge is -2.28. The van der Waals surface area contributed by atoms with Gasteiger partial charge in [-0.2, -0.15) is 0 Å². The van der Waals surface area contributed by atoms with E-state index in [-0.39, 0.29) is 12.4 Å². The average Bonchev–Trinajstić information content (AvgIpc) is 3.15. The zero-order valence-corrected chi connectivity index (χ0v) is 15.6. The summed E-state index contributed by atoms with van der Waals surface area (Å²) in [5, 5.41) is 3.37. The molecule has 1 saturated heterocycles. The van der Waals surface area contributed by atoms with E-state index in [1.165, 1.54) is 14.2 Å². The second-order valence-electron chi connectivity index (χ2n) is 6.46. The molecule has 0 radical (unpaired) electrons. The molecular weight excluding hydrogens is 346 g/mol. The first-order chi connectivity index (χ1) is 13.1. The van der Waals surface area contributed by atoms with Crippen molar-refractivity contribution < 1.29 is 23.8 Å². The van der Waals surface area contributed by atoms with Crippen LogP contribution in [0.3, 0.4) is 0 Å². The van der Waals surface area contributed by atoms with E-state index in [1.807, 2.05) is 54.6 Å². The maximum Gasteiger partial charge on any atom is 0.330 e. The van der Waals surface area contributed by atoms with E-state index in [2.05, 4.69) is 5.32 Å². The van der Waals surface area contributed by atoms with Gasteiger partial charge in [0, 0.05) is 5.56 Å². The van der Waals surface area contributed by atoms with Crippen LogP contribution < -0.4 is 10.1 Å². The second-order valence-corrected chi connectivity index (χ2v) is 6.46. The van der Waals surface area contributed by atoms with Crippen molar-refractivity contribution in [3.05, 3.63) is 65.7 Å². The number of carbonyl (C=O) groups excluding carboxylic acids is 2. The highest BCUT2D eigenvalue weighted by molar-refractivity contribution is 5.86. The first-order valence-electron chi connectivity index (χ1n) is 8.69. The van der Waals surface area contributed by atoms with Gasteiger partial charge in [-0.3, -0.25) is 10.1 Å². The molecule has 6 nitrogen and oxygen atoms in total. The summed E-state index contributed by atoms with van der Waals surface area (Å²) in [5.41, 5.74) is 0.376. The molecule has 1 unspecified atom stereocenters. The number of nitrogens with one attached hydrogen (secondary N) is 1. The molecule has 27 heavy (non-hydrogen) atoms.